The summed E-state index contributed by atoms with van der Waals surface area (Å²) in [7, 11) is 0. The third kappa shape index (κ3) is 5.90. The van der Waals surface area contributed by atoms with Gasteiger partial charge in [0.15, 0.2) is 0 Å². The lowest BCUT2D eigenvalue weighted by Crippen LogP contribution is -2.61. The smallest absolute Gasteiger partial charge is 0.377 e. The lowest BCUT2D eigenvalue weighted by molar-refractivity contribution is -0.159. The number of nitrogens with one attached hydrogen (secondary N) is 1. The maximum absolute atomic E-state index is 13.4. The summed E-state index contributed by atoms with van der Waals surface area (Å²) in [5.41, 5.74) is -0.486. The minimum atomic E-state index is -4.74. The van der Waals surface area contributed by atoms with E-state index in [0.717, 1.165) is 0 Å². The van der Waals surface area contributed by atoms with Gasteiger partial charge in [-0.3, -0.25) is 14.6 Å². The second kappa shape index (κ2) is 10.9. The first kappa shape index (κ1) is 26.9. The number of aromatic nitrogens is 2. The predicted molar refractivity (Wildman–Crippen MR) is 124 cm³/mol. The Morgan fingerprint density at radius 2 is 2.00 bits per heavy atom. The monoisotopic (exact) mass is 508 g/mol. The first-order valence-electron chi connectivity index (χ1n) is 11.1. The number of allylic oxidation sites excluding steroid dienone is 1. The molecule has 1 aliphatic heterocycles. The first-order chi connectivity index (χ1) is 17.0. The van der Waals surface area contributed by atoms with Crippen molar-refractivity contribution in [2.75, 3.05) is 26.3 Å². The summed E-state index contributed by atoms with van der Waals surface area (Å²) in [6, 6.07) is 5.29. The molecule has 0 aliphatic carbocycles. The van der Waals surface area contributed by atoms with Gasteiger partial charge in [0, 0.05) is 37.1 Å². The molecule has 1 atom stereocenters. The van der Waals surface area contributed by atoms with Gasteiger partial charge < -0.3 is 19.5 Å². The van der Waals surface area contributed by atoms with Crippen molar-refractivity contribution in [3.05, 3.63) is 48.0 Å². The van der Waals surface area contributed by atoms with Crippen LogP contribution in [0.4, 0.5) is 13.2 Å². The van der Waals surface area contributed by atoms with Crippen LogP contribution in [-0.4, -0.2) is 76.5 Å². The van der Waals surface area contributed by atoms with E-state index in [9.17, 15) is 22.8 Å². The van der Waals surface area contributed by atoms with Gasteiger partial charge in [0.25, 0.3) is 5.91 Å². The Morgan fingerprint density at radius 3 is 2.58 bits per heavy atom. The Kier molecular flexibility index (Phi) is 8.13. The van der Waals surface area contributed by atoms with Crippen LogP contribution < -0.4 is 5.32 Å². The van der Waals surface area contributed by atoms with E-state index in [2.05, 4.69) is 31.8 Å². The van der Waals surface area contributed by atoms with Gasteiger partial charge in [-0.05, 0) is 32.9 Å². The average molecular weight is 509 g/mol. The zero-order chi connectivity index (χ0) is 26.5. The first-order valence-corrected chi connectivity index (χ1v) is 11.1. The number of nitrogens with zero attached hydrogens (tertiary/aromatic N) is 5. The number of ether oxygens (including phenoxy) is 1. The van der Waals surface area contributed by atoms with Crippen LogP contribution in [0.25, 0.3) is 11.4 Å². The molecule has 1 fully saturated rings. The molecule has 2 aromatic rings. The molecule has 2 amide bonds. The topological polar surface area (TPSA) is 113 Å². The number of amides is 2. The number of carbonyl (C=O) groups excluding carboxylic acids is 2. The van der Waals surface area contributed by atoms with Crippen LogP contribution in [-0.2, 0) is 15.7 Å². The second-order valence-corrected chi connectivity index (χ2v) is 8.46. The van der Waals surface area contributed by atoms with Crippen molar-refractivity contribution in [1.82, 2.24) is 25.4 Å². The van der Waals surface area contributed by atoms with Crippen LogP contribution in [0, 0.1) is 0 Å². The van der Waals surface area contributed by atoms with Gasteiger partial charge in [0.2, 0.25) is 11.7 Å². The van der Waals surface area contributed by atoms with Crippen molar-refractivity contribution >= 4 is 18.5 Å². The maximum atomic E-state index is 13.4. The SMILES string of the molecule is C=NN(/C=C\C)C(C)(C)C(=O)N1CCOC[C@@H]1CNC(=O)c1ccc(-c2noc(C(F)(F)F)n2)cc1. The molecule has 0 bridgehead atoms. The number of alkyl halides is 3. The van der Waals surface area contributed by atoms with Gasteiger partial charge >= 0.3 is 12.1 Å². The Morgan fingerprint density at radius 1 is 1.31 bits per heavy atom. The number of halogens is 3. The second-order valence-electron chi connectivity index (χ2n) is 8.46. The van der Waals surface area contributed by atoms with E-state index in [4.69, 9.17) is 4.74 Å². The van der Waals surface area contributed by atoms with Gasteiger partial charge in [-0.2, -0.15) is 23.3 Å². The Hall–Kier alpha value is -3.74. The number of benzene rings is 1. The summed E-state index contributed by atoms with van der Waals surface area (Å²) in [6.45, 7) is 9.90. The molecule has 194 valence electrons. The standard InChI is InChI=1S/C23H27F3N6O4/c1-5-10-32(27-4)22(2,3)21(34)31-11-12-35-14-17(31)13-28-19(33)16-8-6-15(7-9-16)18-29-20(36-30-18)23(24,25)26/h5-10,17H,4,11-14H2,1-3H3,(H,28,33)/b10-5-/t17-/m0/s1. The molecule has 1 aromatic heterocycles. The van der Waals surface area contributed by atoms with E-state index in [-0.39, 0.29) is 36.0 Å². The van der Waals surface area contributed by atoms with Crippen LogP contribution in [0.5, 0.6) is 0 Å². The molecule has 3 rings (SSSR count). The van der Waals surface area contributed by atoms with Crippen LogP contribution in [0.15, 0.2) is 46.2 Å². The molecule has 0 spiro atoms. The molecule has 10 nitrogen and oxygen atoms in total. The normalized spacial score (nSPS) is 16.7. The maximum Gasteiger partial charge on any atom is 0.471 e. The summed E-state index contributed by atoms with van der Waals surface area (Å²) in [5.74, 6) is -2.31. The number of hydrogen-bond acceptors (Lipinski definition) is 8. The Bertz CT molecular complexity index is 1110. The molecule has 13 heteroatoms. The third-order valence-electron chi connectivity index (χ3n) is 5.60. The Labute approximate surface area is 205 Å². The van der Waals surface area contributed by atoms with E-state index in [1.165, 1.54) is 29.3 Å². The van der Waals surface area contributed by atoms with Gasteiger partial charge in [0.05, 0.1) is 19.3 Å². The van der Waals surface area contributed by atoms with Gasteiger partial charge in [-0.25, -0.2) is 0 Å². The molecule has 0 unspecified atom stereocenters. The van der Waals surface area contributed by atoms with Crippen LogP contribution in [0.2, 0.25) is 0 Å². The summed E-state index contributed by atoms with van der Waals surface area (Å²) in [5, 5.41) is 11.5. The number of hydrogen-bond donors (Lipinski definition) is 1. The lowest BCUT2D eigenvalue weighted by atomic mass is 10.0. The van der Waals surface area contributed by atoms with Crippen molar-refractivity contribution in [2.45, 2.75) is 38.5 Å². The highest BCUT2D eigenvalue weighted by Crippen LogP contribution is 2.29. The summed E-state index contributed by atoms with van der Waals surface area (Å²) in [4.78, 5) is 31.0. The van der Waals surface area contributed by atoms with Crippen LogP contribution in [0.1, 0.15) is 37.0 Å². The van der Waals surface area contributed by atoms with Crippen molar-refractivity contribution < 1.29 is 32.0 Å². The predicted octanol–water partition coefficient (Wildman–Crippen LogP) is 2.94. The highest BCUT2D eigenvalue weighted by atomic mass is 19.4. The largest absolute Gasteiger partial charge is 0.471 e. The van der Waals surface area contributed by atoms with Gasteiger partial charge in [0.1, 0.15) is 5.54 Å². The highest BCUT2D eigenvalue weighted by Gasteiger charge is 2.41. The molecule has 1 saturated heterocycles. The van der Waals surface area contributed by atoms with Gasteiger partial charge in [-0.1, -0.05) is 23.4 Å². The van der Waals surface area contributed by atoms with Crippen molar-refractivity contribution in [3.8, 4) is 11.4 Å². The summed E-state index contributed by atoms with van der Waals surface area (Å²) >= 11 is 0. The van der Waals surface area contributed by atoms with E-state index in [1.54, 1.807) is 37.9 Å². The minimum absolute atomic E-state index is 0.132. The molecule has 36 heavy (non-hydrogen) atoms. The van der Waals surface area contributed by atoms with Crippen molar-refractivity contribution in [2.24, 2.45) is 5.10 Å². The van der Waals surface area contributed by atoms with Gasteiger partial charge in [-0.15, -0.1) is 0 Å². The van der Waals surface area contributed by atoms with Crippen LogP contribution >= 0.6 is 0 Å². The summed E-state index contributed by atoms with van der Waals surface area (Å²) in [6.07, 6.45) is -1.34. The fraction of sp³-hybridized carbons (Fsp3) is 0.435. The number of rotatable bonds is 8. The molecular weight excluding hydrogens is 481 g/mol. The molecule has 0 radical (unpaired) electrons. The van der Waals surface area contributed by atoms with E-state index < -0.39 is 29.6 Å². The average Bonchev–Trinajstić information content (AvgIpc) is 3.36. The zero-order valence-electron chi connectivity index (χ0n) is 20.1. The van der Waals surface area contributed by atoms with Crippen LogP contribution in [0.3, 0.4) is 0 Å². The minimum Gasteiger partial charge on any atom is -0.377 e. The highest BCUT2D eigenvalue weighted by molar-refractivity contribution is 5.94. The molecule has 1 aliphatic rings. The molecule has 0 saturated carbocycles. The zero-order valence-corrected chi connectivity index (χ0v) is 20.1. The quantitative estimate of drug-likeness (QED) is 0.431. The van der Waals surface area contributed by atoms with E-state index in [0.29, 0.717) is 13.2 Å². The Balaban J connectivity index is 1.66. The number of hydrazone groups is 1. The number of carbonyl (C=O) groups is 2. The van der Waals surface area contributed by atoms with Crippen molar-refractivity contribution in [3.63, 3.8) is 0 Å². The number of morpholine rings is 1. The lowest BCUT2D eigenvalue weighted by Gasteiger charge is -2.42. The molecule has 1 N–H and O–H groups in total. The fourth-order valence-corrected chi connectivity index (χ4v) is 3.63. The summed E-state index contributed by atoms with van der Waals surface area (Å²) < 4.78 is 47.8. The fourth-order valence-electron chi connectivity index (χ4n) is 3.63. The molecule has 2 heterocycles. The van der Waals surface area contributed by atoms with E-state index >= 15 is 0 Å². The van der Waals surface area contributed by atoms with E-state index in [1.807, 2.05) is 0 Å². The third-order valence-corrected chi connectivity index (χ3v) is 5.60. The van der Waals surface area contributed by atoms with Crippen molar-refractivity contribution in [1.29, 1.82) is 0 Å². The molecule has 1 aromatic carbocycles. The molecular formula is C23H27F3N6O4.